The van der Waals surface area contributed by atoms with Crippen molar-refractivity contribution in [3.8, 4) is 5.75 Å². The summed E-state index contributed by atoms with van der Waals surface area (Å²) in [5.74, 6) is -1.66. The van der Waals surface area contributed by atoms with Crippen LogP contribution in [-0.2, 0) is 9.53 Å². The van der Waals surface area contributed by atoms with E-state index in [9.17, 15) is 24.9 Å². The fourth-order valence-corrected chi connectivity index (χ4v) is 2.44. The Balaban J connectivity index is 2.43. The highest BCUT2D eigenvalue weighted by Crippen LogP contribution is 2.28. The van der Waals surface area contributed by atoms with Crippen molar-refractivity contribution >= 4 is 23.5 Å². The Bertz CT molecular complexity index is 725. The molecular weight excluding hydrogens is 326 g/mol. The lowest BCUT2D eigenvalue weighted by atomic mass is 10.0. The van der Waals surface area contributed by atoms with Crippen LogP contribution in [0.1, 0.15) is 35.7 Å². The Morgan fingerprint density at radius 1 is 1.12 bits per heavy atom. The first-order valence-corrected chi connectivity index (χ1v) is 7.86. The lowest BCUT2D eigenvalue weighted by molar-refractivity contribution is -0.127. The number of nitrogens with two attached hydrogens (primary N) is 1. The summed E-state index contributed by atoms with van der Waals surface area (Å²) in [5.41, 5.74) is 6.22. The van der Waals surface area contributed by atoms with Crippen molar-refractivity contribution in [2.45, 2.75) is 38.1 Å². The zero-order chi connectivity index (χ0) is 18.6. The number of hydrogen-bond donors (Lipinski definition) is 4. The molecule has 0 fully saturated rings. The van der Waals surface area contributed by atoms with Gasteiger partial charge in [-0.15, -0.1) is 0 Å². The van der Waals surface area contributed by atoms with Gasteiger partial charge in [-0.1, -0.05) is 18.2 Å². The zero-order valence-corrected chi connectivity index (χ0v) is 13.8. The monoisotopic (exact) mass is 347 g/mol. The number of carbonyl (C=O) groups is 2. The molecular formula is C18H21NO6. The molecule has 134 valence electrons. The number of esters is 1. The molecule has 25 heavy (non-hydrogen) atoms. The average molecular weight is 347 g/mol. The smallest absolute Gasteiger partial charge is 0.342 e. The van der Waals surface area contributed by atoms with Gasteiger partial charge in [0.15, 0.2) is 5.78 Å². The maximum Gasteiger partial charge on any atom is 0.342 e. The molecule has 0 aromatic heterocycles. The second kappa shape index (κ2) is 7.96. The van der Waals surface area contributed by atoms with Crippen molar-refractivity contribution < 1.29 is 29.6 Å². The van der Waals surface area contributed by atoms with E-state index in [2.05, 4.69) is 0 Å². The third kappa shape index (κ3) is 4.68. The number of aliphatic hydroxyl groups excluding tert-OH is 2. The van der Waals surface area contributed by atoms with Crippen molar-refractivity contribution in [2.24, 2.45) is 0 Å². The number of anilines is 1. The van der Waals surface area contributed by atoms with Gasteiger partial charge in [-0.25, -0.2) is 4.79 Å². The molecule has 1 aliphatic rings. The molecule has 3 unspecified atom stereocenters. The van der Waals surface area contributed by atoms with Crippen LogP contribution in [0.15, 0.2) is 30.4 Å². The summed E-state index contributed by atoms with van der Waals surface area (Å²) < 4.78 is 5.28. The van der Waals surface area contributed by atoms with Gasteiger partial charge < -0.3 is 25.8 Å². The predicted octanol–water partition coefficient (Wildman–Crippen LogP) is 1.17. The number of fused-ring (bicyclic) bond motifs is 1. The third-order valence-corrected chi connectivity index (χ3v) is 3.76. The molecule has 7 heteroatoms. The van der Waals surface area contributed by atoms with Crippen LogP contribution in [0, 0.1) is 0 Å². The van der Waals surface area contributed by atoms with E-state index < -0.39 is 30.1 Å². The summed E-state index contributed by atoms with van der Waals surface area (Å²) in [6.07, 6.45) is 2.37. The van der Waals surface area contributed by atoms with Crippen molar-refractivity contribution in [2.75, 3.05) is 5.73 Å². The molecule has 0 aliphatic carbocycles. The van der Waals surface area contributed by atoms with Crippen molar-refractivity contribution in [1.82, 2.24) is 0 Å². The van der Waals surface area contributed by atoms with E-state index in [1.165, 1.54) is 30.4 Å². The summed E-state index contributed by atoms with van der Waals surface area (Å²) in [6, 6.07) is 2.73. The van der Waals surface area contributed by atoms with Gasteiger partial charge in [0.25, 0.3) is 0 Å². The minimum atomic E-state index is -1.55. The summed E-state index contributed by atoms with van der Waals surface area (Å²) >= 11 is 0. The van der Waals surface area contributed by atoms with Gasteiger partial charge >= 0.3 is 5.97 Å². The highest BCUT2D eigenvalue weighted by atomic mass is 16.5. The first kappa shape index (κ1) is 18.7. The number of rotatable bonds is 0. The Hall–Kier alpha value is -2.64. The Morgan fingerprint density at radius 3 is 2.52 bits per heavy atom. The van der Waals surface area contributed by atoms with Gasteiger partial charge in [0.05, 0.1) is 6.10 Å². The highest BCUT2D eigenvalue weighted by molar-refractivity contribution is 5.97. The minimum absolute atomic E-state index is 0.0266. The van der Waals surface area contributed by atoms with Crippen LogP contribution in [0.2, 0.25) is 0 Å². The fourth-order valence-electron chi connectivity index (χ4n) is 2.44. The zero-order valence-electron chi connectivity index (χ0n) is 13.8. The maximum atomic E-state index is 12.4. The molecule has 1 aromatic carbocycles. The summed E-state index contributed by atoms with van der Waals surface area (Å²) in [6.45, 7) is 1.63. The second-order valence-corrected chi connectivity index (χ2v) is 5.91. The number of ether oxygens (including phenoxy) is 1. The lowest BCUT2D eigenvalue weighted by Gasteiger charge is -2.16. The number of carbonyl (C=O) groups excluding carboxylic acids is 2. The Labute approximate surface area is 145 Å². The number of cyclic esters (lactones) is 1. The van der Waals surface area contributed by atoms with Crippen LogP contribution < -0.4 is 5.73 Å². The Kier molecular flexibility index (Phi) is 5.95. The van der Waals surface area contributed by atoms with Crippen LogP contribution in [0.5, 0.6) is 5.75 Å². The van der Waals surface area contributed by atoms with Crippen LogP contribution in [0.25, 0.3) is 6.08 Å². The molecule has 0 bridgehead atoms. The summed E-state index contributed by atoms with van der Waals surface area (Å²) in [4.78, 5) is 24.1. The molecule has 1 heterocycles. The Morgan fingerprint density at radius 2 is 1.80 bits per heavy atom. The summed E-state index contributed by atoms with van der Waals surface area (Å²) in [7, 11) is 0. The van der Waals surface area contributed by atoms with Crippen LogP contribution in [-0.4, -0.2) is 45.4 Å². The number of phenolic OH excluding ortho intramolecular Hbond substituents is 1. The molecule has 0 saturated carbocycles. The predicted molar refractivity (Wildman–Crippen MR) is 91.8 cm³/mol. The van der Waals surface area contributed by atoms with E-state index in [1.807, 2.05) is 0 Å². The number of aliphatic hydroxyl groups is 2. The fraction of sp³-hybridized carbons (Fsp3) is 0.333. The van der Waals surface area contributed by atoms with Crippen molar-refractivity contribution in [3.63, 3.8) is 0 Å². The molecule has 2 rings (SSSR count). The number of nitrogen functional groups attached to an aromatic ring is 1. The molecule has 0 radical (unpaired) electrons. The van der Waals surface area contributed by atoms with Crippen LogP contribution in [0.4, 0.5) is 5.69 Å². The molecule has 3 atom stereocenters. The van der Waals surface area contributed by atoms with Gasteiger partial charge in [-0.2, -0.15) is 0 Å². The van der Waals surface area contributed by atoms with Crippen LogP contribution in [0.3, 0.4) is 0 Å². The minimum Gasteiger partial charge on any atom is -0.507 e. The quantitative estimate of drug-likeness (QED) is 0.409. The van der Waals surface area contributed by atoms with Crippen molar-refractivity contribution in [1.29, 1.82) is 0 Å². The van der Waals surface area contributed by atoms with E-state index in [4.69, 9.17) is 10.5 Å². The number of phenols is 1. The molecule has 0 amide bonds. The van der Waals surface area contributed by atoms with Gasteiger partial charge in [0, 0.05) is 18.2 Å². The molecule has 5 N–H and O–H groups in total. The number of ketones is 1. The maximum absolute atomic E-state index is 12.4. The topological polar surface area (TPSA) is 130 Å². The molecule has 7 nitrogen and oxygen atoms in total. The van der Waals surface area contributed by atoms with Gasteiger partial charge in [-0.05, 0) is 31.1 Å². The number of benzene rings is 1. The molecule has 1 aliphatic heterocycles. The SMILES string of the molecule is CC1C/C=C\C(=O)C(O)C(O)C/C=C/c2cc(N)cc(O)c2C(=O)O1. The number of hydrogen-bond acceptors (Lipinski definition) is 7. The molecule has 0 spiro atoms. The van der Waals surface area contributed by atoms with E-state index in [1.54, 1.807) is 6.92 Å². The van der Waals surface area contributed by atoms with Gasteiger partial charge in [0.2, 0.25) is 0 Å². The van der Waals surface area contributed by atoms with Crippen molar-refractivity contribution in [3.05, 3.63) is 41.5 Å². The first-order chi connectivity index (χ1) is 11.8. The average Bonchev–Trinajstić information content (AvgIpc) is 2.52. The standard InChI is InChI=1S/C18H21NO6/c1-10-4-2-6-13(20)17(23)14(21)7-3-5-11-8-12(19)9-15(22)16(11)18(24)25-10/h2-3,5-6,8-10,14,17,21-23H,4,7,19H2,1H3/b5-3+,6-2-. The molecule has 1 aromatic rings. The number of aromatic hydroxyl groups is 1. The lowest BCUT2D eigenvalue weighted by Crippen LogP contribution is -2.32. The second-order valence-electron chi connectivity index (χ2n) is 5.91. The largest absolute Gasteiger partial charge is 0.507 e. The highest BCUT2D eigenvalue weighted by Gasteiger charge is 2.23. The first-order valence-electron chi connectivity index (χ1n) is 7.86. The van der Waals surface area contributed by atoms with E-state index in [0.29, 0.717) is 5.56 Å². The normalized spacial score (nSPS) is 27.7. The van der Waals surface area contributed by atoms with E-state index in [0.717, 1.165) is 6.08 Å². The van der Waals surface area contributed by atoms with E-state index in [-0.39, 0.29) is 29.8 Å². The third-order valence-electron chi connectivity index (χ3n) is 3.76. The van der Waals surface area contributed by atoms with Gasteiger partial charge in [0.1, 0.15) is 23.5 Å². The molecule has 0 saturated heterocycles. The summed E-state index contributed by atoms with van der Waals surface area (Å²) in [5, 5.41) is 29.8. The van der Waals surface area contributed by atoms with Crippen LogP contribution >= 0.6 is 0 Å². The van der Waals surface area contributed by atoms with Gasteiger partial charge in [-0.3, -0.25) is 4.79 Å². The van der Waals surface area contributed by atoms with E-state index >= 15 is 0 Å².